The Morgan fingerprint density at radius 3 is 2.48 bits per heavy atom. The summed E-state index contributed by atoms with van der Waals surface area (Å²) in [5.74, 6) is 0.794. The van der Waals surface area contributed by atoms with Crippen molar-refractivity contribution < 1.29 is 9.53 Å². The number of halogens is 1. The Bertz CT molecular complexity index is 495. The highest BCUT2D eigenvalue weighted by Crippen LogP contribution is 2.37. The van der Waals surface area contributed by atoms with Gasteiger partial charge in [-0.3, -0.25) is 4.79 Å². The van der Waals surface area contributed by atoms with Gasteiger partial charge in [0.15, 0.2) is 0 Å². The van der Waals surface area contributed by atoms with Crippen LogP contribution in [0.3, 0.4) is 0 Å². The summed E-state index contributed by atoms with van der Waals surface area (Å²) in [5.41, 5.74) is 1.83. The first kappa shape index (κ1) is 20.0. The van der Waals surface area contributed by atoms with Gasteiger partial charge in [-0.15, -0.1) is 12.4 Å². The minimum absolute atomic E-state index is 0. The third-order valence-electron chi connectivity index (χ3n) is 4.92. The molecule has 0 aromatic heterocycles. The smallest absolute Gasteiger partial charge is 0.316 e. The first-order valence-corrected chi connectivity index (χ1v) is 8.37. The van der Waals surface area contributed by atoms with Gasteiger partial charge in [-0.2, -0.15) is 0 Å². The van der Waals surface area contributed by atoms with Gasteiger partial charge in [-0.25, -0.2) is 0 Å². The van der Waals surface area contributed by atoms with Crippen LogP contribution in [0.15, 0.2) is 24.3 Å². The molecule has 0 aliphatic carbocycles. The second kappa shape index (κ2) is 8.70. The average molecular weight is 340 g/mol. The third-order valence-corrected chi connectivity index (χ3v) is 4.92. The van der Waals surface area contributed by atoms with E-state index in [1.54, 1.807) is 0 Å². The SMILES string of the molecule is COC(=O)C(C)(c1ccc(CC(C)C)cc1)C1CCCNC1.Cl. The highest BCUT2D eigenvalue weighted by atomic mass is 35.5. The summed E-state index contributed by atoms with van der Waals surface area (Å²) in [4.78, 5) is 12.5. The van der Waals surface area contributed by atoms with Gasteiger partial charge >= 0.3 is 5.97 Å². The van der Waals surface area contributed by atoms with E-state index in [2.05, 4.69) is 43.4 Å². The summed E-state index contributed by atoms with van der Waals surface area (Å²) in [6.07, 6.45) is 3.25. The molecule has 1 N–H and O–H groups in total. The van der Waals surface area contributed by atoms with Crippen molar-refractivity contribution in [3.05, 3.63) is 35.4 Å². The van der Waals surface area contributed by atoms with E-state index in [1.807, 2.05) is 6.92 Å². The van der Waals surface area contributed by atoms with Gasteiger partial charge < -0.3 is 10.1 Å². The minimum Gasteiger partial charge on any atom is -0.468 e. The predicted octanol–water partition coefficient (Wildman–Crippen LogP) is 3.74. The van der Waals surface area contributed by atoms with Gasteiger partial charge in [0.1, 0.15) is 0 Å². The van der Waals surface area contributed by atoms with Crippen LogP contribution in [-0.2, 0) is 21.4 Å². The molecule has 2 rings (SSSR count). The maximum atomic E-state index is 12.5. The second-order valence-electron chi connectivity index (χ2n) is 7.03. The predicted molar refractivity (Wildman–Crippen MR) is 97.2 cm³/mol. The van der Waals surface area contributed by atoms with E-state index in [-0.39, 0.29) is 24.3 Å². The van der Waals surface area contributed by atoms with Crippen molar-refractivity contribution in [2.75, 3.05) is 20.2 Å². The molecule has 4 heteroatoms. The van der Waals surface area contributed by atoms with Crippen LogP contribution in [0, 0.1) is 11.8 Å². The Hall–Kier alpha value is -1.06. The maximum absolute atomic E-state index is 12.5. The molecule has 1 aromatic rings. The van der Waals surface area contributed by atoms with Crippen LogP contribution in [0.1, 0.15) is 44.7 Å². The highest BCUT2D eigenvalue weighted by Gasteiger charge is 2.44. The van der Waals surface area contributed by atoms with Gasteiger partial charge in [-0.05, 0) is 62.2 Å². The van der Waals surface area contributed by atoms with Crippen molar-refractivity contribution in [2.45, 2.75) is 45.4 Å². The Morgan fingerprint density at radius 2 is 2.00 bits per heavy atom. The lowest BCUT2D eigenvalue weighted by Crippen LogP contribution is -2.47. The van der Waals surface area contributed by atoms with E-state index < -0.39 is 5.41 Å². The number of carbonyl (C=O) groups is 1. The molecule has 1 heterocycles. The fraction of sp³-hybridized carbons (Fsp3) is 0.632. The first-order chi connectivity index (χ1) is 10.5. The molecule has 0 radical (unpaired) electrons. The summed E-state index contributed by atoms with van der Waals surface area (Å²) in [6, 6.07) is 8.55. The van der Waals surface area contributed by atoms with Crippen molar-refractivity contribution in [3.63, 3.8) is 0 Å². The summed E-state index contributed by atoms with van der Waals surface area (Å²) < 4.78 is 5.15. The highest BCUT2D eigenvalue weighted by molar-refractivity contribution is 5.85. The van der Waals surface area contributed by atoms with E-state index in [9.17, 15) is 4.79 Å². The number of esters is 1. The fourth-order valence-corrected chi connectivity index (χ4v) is 3.54. The van der Waals surface area contributed by atoms with Crippen molar-refractivity contribution in [1.29, 1.82) is 0 Å². The molecule has 2 unspecified atom stereocenters. The van der Waals surface area contributed by atoms with Crippen LogP contribution in [0.25, 0.3) is 0 Å². The number of methoxy groups -OCH3 is 1. The van der Waals surface area contributed by atoms with Gasteiger partial charge in [0.2, 0.25) is 0 Å². The number of hydrogen-bond acceptors (Lipinski definition) is 3. The molecule has 0 amide bonds. The molecular formula is C19H30ClNO2. The van der Waals surface area contributed by atoms with E-state index in [1.165, 1.54) is 12.7 Å². The molecule has 130 valence electrons. The number of hydrogen-bond donors (Lipinski definition) is 1. The Morgan fingerprint density at radius 1 is 1.35 bits per heavy atom. The van der Waals surface area contributed by atoms with Crippen molar-refractivity contribution in [3.8, 4) is 0 Å². The molecule has 23 heavy (non-hydrogen) atoms. The summed E-state index contributed by atoms with van der Waals surface area (Å²) in [5, 5.41) is 3.42. The van der Waals surface area contributed by atoms with Gasteiger partial charge in [-0.1, -0.05) is 38.1 Å². The molecule has 3 nitrogen and oxygen atoms in total. The average Bonchev–Trinajstić information content (AvgIpc) is 2.54. The molecule has 0 bridgehead atoms. The fourth-order valence-electron chi connectivity index (χ4n) is 3.54. The quantitative estimate of drug-likeness (QED) is 0.830. The molecule has 0 saturated carbocycles. The molecular weight excluding hydrogens is 310 g/mol. The zero-order valence-electron chi connectivity index (χ0n) is 14.7. The lowest BCUT2D eigenvalue weighted by Gasteiger charge is -2.38. The van der Waals surface area contributed by atoms with E-state index in [0.717, 1.165) is 37.9 Å². The Kier molecular flexibility index (Phi) is 7.56. The monoisotopic (exact) mass is 339 g/mol. The lowest BCUT2D eigenvalue weighted by atomic mass is 9.69. The van der Waals surface area contributed by atoms with Crippen LogP contribution in [0.2, 0.25) is 0 Å². The van der Waals surface area contributed by atoms with E-state index in [0.29, 0.717) is 5.92 Å². The number of benzene rings is 1. The molecule has 1 aromatic carbocycles. The zero-order valence-corrected chi connectivity index (χ0v) is 15.5. The molecule has 0 spiro atoms. The lowest BCUT2D eigenvalue weighted by molar-refractivity contribution is -0.149. The summed E-state index contributed by atoms with van der Waals surface area (Å²) in [7, 11) is 1.49. The third kappa shape index (κ3) is 4.48. The normalized spacial score (nSPS) is 20.5. The summed E-state index contributed by atoms with van der Waals surface area (Å²) >= 11 is 0. The molecule has 1 saturated heterocycles. The van der Waals surface area contributed by atoms with Crippen molar-refractivity contribution in [1.82, 2.24) is 5.32 Å². The number of rotatable bonds is 5. The van der Waals surface area contributed by atoms with Crippen LogP contribution in [0.4, 0.5) is 0 Å². The van der Waals surface area contributed by atoms with E-state index in [4.69, 9.17) is 4.74 Å². The second-order valence-corrected chi connectivity index (χ2v) is 7.03. The molecule has 2 atom stereocenters. The minimum atomic E-state index is -0.571. The number of carbonyl (C=O) groups excluding carboxylic acids is 1. The first-order valence-electron chi connectivity index (χ1n) is 8.37. The van der Waals surface area contributed by atoms with Gasteiger partial charge in [0, 0.05) is 0 Å². The number of ether oxygens (including phenoxy) is 1. The van der Waals surface area contributed by atoms with Gasteiger partial charge in [0.05, 0.1) is 12.5 Å². The number of nitrogens with one attached hydrogen (secondary N) is 1. The Balaban J connectivity index is 0.00000264. The number of piperidine rings is 1. The standard InChI is InChI=1S/C19H29NO2.ClH/c1-14(2)12-15-7-9-16(10-8-15)19(3,18(21)22-4)17-6-5-11-20-13-17;/h7-10,14,17,20H,5-6,11-13H2,1-4H3;1H. The maximum Gasteiger partial charge on any atom is 0.316 e. The van der Waals surface area contributed by atoms with Crippen LogP contribution >= 0.6 is 12.4 Å². The van der Waals surface area contributed by atoms with Crippen molar-refractivity contribution >= 4 is 18.4 Å². The van der Waals surface area contributed by atoms with Crippen molar-refractivity contribution in [2.24, 2.45) is 11.8 Å². The summed E-state index contributed by atoms with van der Waals surface area (Å²) in [6.45, 7) is 8.40. The van der Waals surface area contributed by atoms with Crippen LogP contribution < -0.4 is 5.32 Å². The zero-order chi connectivity index (χ0) is 16.2. The largest absolute Gasteiger partial charge is 0.468 e. The molecule has 1 aliphatic rings. The van der Waals surface area contributed by atoms with Crippen LogP contribution in [-0.4, -0.2) is 26.2 Å². The molecule has 1 aliphatic heterocycles. The molecule has 1 fully saturated rings. The Labute approximate surface area is 146 Å². The van der Waals surface area contributed by atoms with Crippen LogP contribution in [0.5, 0.6) is 0 Å². The van der Waals surface area contributed by atoms with E-state index >= 15 is 0 Å². The topological polar surface area (TPSA) is 38.3 Å². The van der Waals surface area contributed by atoms with Gasteiger partial charge in [0.25, 0.3) is 0 Å².